The van der Waals surface area contributed by atoms with Crippen LogP contribution in [0.2, 0.25) is 0 Å². The molecule has 3 heteroatoms. The Balaban J connectivity index is 2.00. The molecule has 0 saturated heterocycles. The lowest BCUT2D eigenvalue weighted by atomic mass is 10.1. The molecule has 0 bridgehead atoms. The van der Waals surface area contributed by atoms with E-state index in [4.69, 9.17) is 0 Å². The van der Waals surface area contributed by atoms with Gasteiger partial charge < -0.3 is 5.32 Å². The maximum Gasteiger partial charge on any atom is 0.181 e. The Morgan fingerprint density at radius 2 is 1.94 bits per heavy atom. The minimum Gasteiger partial charge on any atom is -0.362 e. The molecule has 0 spiro atoms. The van der Waals surface area contributed by atoms with E-state index in [1.54, 1.807) is 6.20 Å². The zero-order valence-electron chi connectivity index (χ0n) is 9.68. The first-order valence-electron chi connectivity index (χ1n) is 5.51. The summed E-state index contributed by atoms with van der Waals surface area (Å²) in [5, 5.41) is 3.05. The zero-order valence-corrected chi connectivity index (χ0v) is 9.68. The van der Waals surface area contributed by atoms with Crippen LogP contribution in [-0.4, -0.2) is 17.3 Å². The van der Waals surface area contributed by atoms with Gasteiger partial charge in [-0.15, -0.1) is 0 Å². The first-order valence-corrected chi connectivity index (χ1v) is 5.51. The van der Waals surface area contributed by atoms with Gasteiger partial charge >= 0.3 is 0 Å². The number of ketones is 1. The minimum absolute atomic E-state index is 0.0654. The Morgan fingerprint density at radius 1 is 1.18 bits per heavy atom. The minimum atomic E-state index is 0.0654. The molecule has 2 rings (SSSR count). The zero-order chi connectivity index (χ0) is 12.1. The standard InChI is InChI=1S/C14H14N2O/c1-11-6-5-9-15-14(11)16-10-13(17)12-7-3-2-4-8-12/h2-9H,10H2,1H3,(H,15,16). The summed E-state index contributed by atoms with van der Waals surface area (Å²) in [6, 6.07) is 13.1. The summed E-state index contributed by atoms with van der Waals surface area (Å²) in [4.78, 5) is 16.0. The number of nitrogens with one attached hydrogen (secondary N) is 1. The predicted molar refractivity (Wildman–Crippen MR) is 68.2 cm³/mol. The molecule has 0 amide bonds. The van der Waals surface area contributed by atoms with E-state index in [0.717, 1.165) is 11.4 Å². The molecule has 2 aromatic rings. The highest BCUT2D eigenvalue weighted by molar-refractivity contribution is 5.98. The molecule has 1 N–H and O–H groups in total. The van der Waals surface area contributed by atoms with Gasteiger partial charge in [0.2, 0.25) is 0 Å². The normalized spacial score (nSPS) is 9.94. The van der Waals surface area contributed by atoms with E-state index >= 15 is 0 Å². The third-order valence-electron chi connectivity index (χ3n) is 2.52. The van der Waals surface area contributed by atoms with Crippen LogP contribution in [-0.2, 0) is 0 Å². The van der Waals surface area contributed by atoms with Gasteiger partial charge in [-0.25, -0.2) is 4.98 Å². The number of hydrogen-bond donors (Lipinski definition) is 1. The smallest absolute Gasteiger partial charge is 0.181 e. The molecule has 0 saturated carbocycles. The topological polar surface area (TPSA) is 42.0 Å². The highest BCUT2D eigenvalue weighted by Gasteiger charge is 2.05. The van der Waals surface area contributed by atoms with E-state index in [1.807, 2.05) is 49.4 Å². The summed E-state index contributed by atoms with van der Waals surface area (Å²) in [5.74, 6) is 0.826. The molecule has 0 unspecified atom stereocenters. The van der Waals surface area contributed by atoms with Crippen molar-refractivity contribution in [3.63, 3.8) is 0 Å². The van der Waals surface area contributed by atoms with Crippen molar-refractivity contribution in [3.05, 3.63) is 59.8 Å². The fourth-order valence-electron chi connectivity index (χ4n) is 1.56. The number of nitrogens with zero attached hydrogens (tertiary/aromatic N) is 1. The van der Waals surface area contributed by atoms with Crippen LogP contribution in [0.25, 0.3) is 0 Å². The van der Waals surface area contributed by atoms with E-state index in [2.05, 4.69) is 10.3 Å². The number of rotatable bonds is 4. The highest BCUT2D eigenvalue weighted by atomic mass is 16.1. The molecular weight excluding hydrogens is 212 g/mol. The Labute approximate surface area is 101 Å². The molecule has 0 aliphatic heterocycles. The van der Waals surface area contributed by atoms with Crippen molar-refractivity contribution >= 4 is 11.6 Å². The molecule has 0 aliphatic carbocycles. The van der Waals surface area contributed by atoms with Crippen LogP contribution in [0.5, 0.6) is 0 Å². The van der Waals surface area contributed by atoms with Crippen molar-refractivity contribution in [2.45, 2.75) is 6.92 Å². The first kappa shape index (κ1) is 11.3. The van der Waals surface area contributed by atoms with Crippen LogP contribution in [0.4, 0.5) is 5.82 Å². The van der Waals surface area contributed by atoms with Crippen molar-refractivity contribution in [3.8, 4) is 0 Å². The Bertz CT molecular complexity index is 509. The summed E-state index contributed by atoms with van der Waals surface area (Å²) in [6.45, 7) is 2.23. The number of benzene rings is 1. The lowest BCUT2D eigenvalue weighted by molar-refractivity contribution is 0.101. The van der Waals surface area contributed by atoms with E-state index in [-0.39, 0.29) is 12.3 Å². The summed E-state index contributed by atoms with van der Waals surface area (Å²) >= 11 is 0. The van der Waals surface area contributed by atoms with Crippen molar-refractivity contribution in [1.29, 1.82) is 0 Å². The van der Waals surface area contributed by atoms with E-state index < -0.39 is 0 Å². The molecule has 0 fully saturated rings. The SMILES string of the molecule is Cc1cccnc1NCC(=O)c1ccccc1. The van der Waals surface area contributed by atoms with Crippen molar-refractivity contribution in [1.82, 2.24) is 4.98 Å². The predicted octanol–water partition coefficient (Wildman–Crippen LogP) is 2.68. The molecule has 3 nitrogen and oxygen atoms in total. The molecule has 17 heavy (non-hydrogen) atoms. The van der Waals surface area contributed by atoms with E-state index in [1.165, 1.54) is 0 Å². The van der Waals surface area contributed by atoms with Gasteiger partial charge in [-0.05, 0) is 18.6 Å². The maximum atomic E-state index is 11.8. The van der Waals surface area contributed by atoms with Gasteiger partial charge in [0.25, 0.3) is 0 Å². The average Bonchev–Trinajstić information content (AvgIpc) is 2.38. The monoisotopic (exact) mass is 226 g/mol. The summed E-state index contributed by atoms with van der Waals surface area (Å²) < 4.78 is 0. The number of aromatic nitrogens is 1. The largest absolute Gasteiger partial charge is 0.362 e. The molecule has 0 aliphatic rings. The molecule has 1 heterocycles. The number of carbonyl (C=O) groups is 1. The molecule has 0 atom stereocenters. The number of anilines is 1. The van der Waals surface area contributed by atoms with Gasteiger partial charge in [0.05, 0.1) is 6.54 Å². The third kappa shape index (κ3) is 2.91. The Morgan fingerprint density at radius 3 is 2.65 bits per heavy atom. The van der Waals surface area contributed by atoms with Gasteiger partial charge in [0.15, 0.2) is 5.78 Å². The second-order valence-electron chi connectivity index (χ2n) is 3.81. The van der Waals surface area contributed by atoms with Crippen LogP contribution in [0.3, 0.4) is 0 Å². The van der Waals surface area contributed by atoms with Crippen LogP contribution in [0.15, 0.2) is 48.7 Å². The molecule has 1 aromatic carbocycles. The van der Waals surface area contributed by atoms with Crippen molar-refractivity contribution in [2.75, 3.05) is 11.9 Å². The number of carbonyl (C=O) groups excluding carboxylic acids is 1. The fraction of sp³-hybridized carbons (Fsp3) is 0.143. The van der Waals surface area contributed by atoms with Crippen molar-refractivity contribution < 1.29 is 4.79 Å². The maximum absolute atomic E-state index is 11.8. The van der Waals surface area contributed by atoms with Crippen LogP contribution < -0.4 is 5.32 Å². The Hall–Kier alpha value is -2.16. The van der Waals surface area contributed by atoms with E-state index in [0.29, 0.717) is 5.56 Å². The number of aryl methyl sites for hydroxylation is 1. The summed E-state index contributed by atoms with van der Waals surface area (Å²) in [5.41, 5.74) is 1.75. The van der Waals surface area contributed by atoms with Gasteiger partial charge in [0.1, 0.15) is 5.82 Å². The van der Waals surface area contributed by atoms with Crippen LogP contribution in [0.1, 0.15) is 15.9 Å². The number of hydrogen-bond acceptors (Lipinski definition) is 3. The third-order valence-corrected chi connectivity index (χ3v) is 2.52. The second kappa shape index (κ2) is 5.25. The lowest BCUT2D eigenvalue weighted by Gasteiger charge is -2.07. The van der Waals surface area contributed by atoms with Crippen molar-refractivity contribution in [2.24, 2.45) is 0 Å². The van der Waals surface area contributed by atoms with Crippen LogP contribution in [0, 0.1) is 6.92 Å². The summed E-state index contributed by atoms with van der Waals surface area (Å²) in [6.07, 6.45) is 1.71. The molecular formula is C14H14N2O. The summed E-state index contributed by atoms with van der Waals surface area (Å²) in [7, 11) is 0. The van der Waals surface area contributed by atoms with E-state index in [9.17, 15) is 4.79 Å². The molecule has 1 aromatic heterocycles. The van der Waals surface area contributed by atoms with Gasteiger partial charge in [-0.3, -0.25) is 4.79 Å². The van der Waals surface area contributed by atoms with Crippen LogP contribution >= 0.6 is 0 Å². The second-order valence-corrected chi connectivity index (χ2v) is 3.81. The first-order chi connectivity index (χ1) is 8.27. The quantitative estimate of drug-likeness (QED) is 0.815. The fourth-order valence-corrected chi connectivity index (χ4v) is 1.56. The number of Topliss-reactive ketones (excluding diaryl/α,β-unsaturated/α-hetero) is 1. The lowest BCUT2D eigenvalue weighted by Crippen LogP contribution is -2.15. The number of pyridine rings is 1. The average molecular weight is 226 g/mol. The highest BCUT2D eigenvalue weighted by Crippen LogP contribution is 2.09. The molecule has 0 radical (unpaired) electrons. The Kier molecular flexibility index (Phi) is 3.50. The molecule has 86 valence electrons. The van der Waals surface area contributed by atoms with Gasteiger partial charge in [-0.2, -0.15) is 0 Å². The van der Waals surface area contributed by atoms with Gasteiger partial charge in [0, 0.05) is 11.8 Å². The van der Waals surface area contributed by atoms with Gasteiger partial charge in [-0.1, -0.05) is 36.4 Å².